The lowest BCUT2D eigenvalue weighted by Crippen LogP contribution is -2.28. The highest BCUT2D eigenvalue weighted by atomic mass is 35.5. The Bertz CT molecular complexity index is 550. The zero-order valence-electron chi connectivity index (χ0n) is 10.7. The van der Waals surface area contributed by atoms with Gasteiger partial charge < -0.3 is 0 Å². The number of halogens is 2. The van der Waals surface area contributed by atoms with E-state index in [1.165, 1.54) is 5.56 Å². The molecule has 1 atom stereocenters. The minimum atomic E-state index is -0.123. The van der Waals surface area contributed by atoms with Crippen LogP contribution < -0.4 is 11.3 Å². The van der Waals surface area contributed by atoms with E-state index in [-0.39, 0.29) is 6.04 Å². The van der Waals surface area contributed by atoms with Gasteiger partial charge in [-0.15, -0.1) is 0 Å². The Kier molecular flexibility index (Phi) is 4.83. The molecular formula is C15H16Cl2N2. The largest absolute Gasteiger partial charge is 0.271 e. The fourth-order valence-electron chi connectivity index (χ4n) is 2.12. The van der Waals surface area contributed by atoms with Crippen molar-refractivity contribution < 1.29 is 0 Å². The molecule has 2 aromatic rings. The van der Waals surface area contributed by atoms with Crippen molar-refractivity contribution in [3.63, 3.8) is 0 Å². The molecule has 100 valence electrons. The molecule has 0 aromatic heterocycles. The van der Waals surface area contributed by atoms with Crippen molar-refractivity contribution in [2.45, 2.75) is 19.4 Å². The van der Waals surface area contributed by atoms with E-state index in [1.807, 2.05) is 24.3 Å². The Balaban J connectivity index is 2.43. The average Bonchev–Trinajstić information content (AvgIpc) is 2.39. The van der Waals surface area contributed by atoms with E-state index in [9.17, 15) is 0 Å². The summed E-state index contributed by atoms with van der Waals surface area (Å²) >= 11 is 12.1. The molecule has 0 saturated carbocycles. The summed E-state index contributed by atoms with van der Waals surface area (Å²) in [6, 6.07) is 13.6. The molecule has 3 N–H and O–H groups in total. The van der Waals surface area contributed by atoms with Crippen molar-refractivity contribution in [3.05, 3.63) is 69.2 Å². The summed E-state index contributed by atoms with van der Waals surface area (Å²) in [6.45, 7) is 2.13. The zero-order chi connectivity index (χ0) is 13.8. The summed E-state index contributed by atoms with van der Waals surface area (Å²) in [6.07, 6.45) is 0.988. The van der Waals surface area contributed by atoms with Crippen molar-refractivity contribution in [3.8, 4) is 0 Å². The van der Waals surface area contributed by atoms with Crippen molar-refractivity contribution in [2.75, 3.05) is 0 Å². The summed E-state index contributed by atoms with van der Waals surface area (Å²) in [5.41, 5.74) is 6.14. The van der Waals surface area contributed by atoms with E-state index < -0.39 is 0 Å². The maximum atomic E-state index is 6.04. The van der Waals surface area contributed by atoms with Crippen LogP contribution in [0.15, 0.2) is 42.5 Å². The van der Waals surface area contributed by atoms with Gasteiger partial charge in [0.2, 0.25) is 0 Å². The van der Waals surface area contributed by atoms with Gasteiger partial charge in [-0.1, -0.05) is 54.4 Å². The molecule has 1 unspecified atom stereocenters. The molecule has 0 aliphatic heterocycles. The van der Waals surface area contributed by atoms with Gasteiger partial charge in [-0.3, -0.25) is 5.84 Å². The maximum absolute atomic E-state index is 6.04. The van der Waals surface area contributed by atoms with Crippen LogP contribution in [0.25, 0.3) is 0 Å². The highest BCUT2D eigenvalue weighted by Crippen LogP contribution is 2.27. The number of aryl methyl sites for hydroxylation is 1. The molecule has 0 aliphatic carbocycles. The molecule has 0 amide bonds. The quantitative estimate of drug-likeness (QED) is 0.658. The number of nitrogens with two attached hydrogens (primary N) is 1. The number of benzene rings is 2. The molecule has 0 bridgehead atoms. The molecule has 19 heavy (non-hydrogen) atoms. The number of hydrazine groups is 1. The predicted octanol–water partition coefficient (Wildman–Crippen LogP) is 4.11. The van der Waals surface area contributed by atoms with Crippen LogP contribution in [0.3, 0.4) is 0 Å². The van der Waals surface area contributed by atoms with Crippen LogP contribution in [0.5, 0.6) is 0 Å². The van der Waals surface area contributed by atoms with Gasteiger partial charge in [0.15, 0.2) is 0 Å². The topological polar surface area (TPSA) is 38.0 Å². The number of hydrogen-bond acceptors (Lipinski definition) is 2. The standard InChI is InChI=1S/C15H16Cl2N2/c1-2-10-4-3-5-11(6-10)15(19-18)12-7-13(16)9-14(17)8-12/h3-9,15,19H,2,18H2,1H3. The molecular weight excluding hydrogens is 279 g/mol. The SMILES string of the molecule is CCc1cccc(C(NN)c2cc(Cl)cc(Cl)c2)c1. The van der Waals surface area contributed by atoms with Gasteiger partial charge in [0.25, 0.3) is 0 Å². The first-order valence-electron chi connectivity index (χ1n) is 6.15. The van der Waals surface area contributed by atoms with Gasteiger partial charge in [-0.25, -0.2) is 5.43 Å². The van der Waals surface area contributed by atoms with Crippen molar-refractivity contribution in [1.82, 2.24) is 5.43 Å². The third kappa shape index (κ3) is 3.48. The Labute approximate surface area is 123 Å². The smallest absolute Gasteiger partial charge is 0.0711 e. The maximum Gasteiger partial charge on any atom is 0.0711 e. The van der Waals surface area contributed by atoms with E-state index >= 15 is 0 Å². The molecule has 0 saturated heterocycles. The van der Waals surface area contributed by atoms with Crippen molar-refractivity contribution >= 4 is 23.2 Å². The molecule has 2 nitrogen and oxygen atoms in total. The van der Waals surface area contributed by atoms with Gasteiger partial charge in [-0.2, -0.15) is 0 Å². The summed E-state index contributed by atoms with van der Waals surface area (Å²) < 4.78 is 0. The summed E-state index contributed by atoms with van der Waals surface area (Å²) in [5.74, 6) is 5.69. The second-order valence-electron chi connectivity index (χ2n) is 4.40. The van der Waals surface area contributed by atoms with Crippen molar-refractivity contribution in [1.29, 1.82) is 0 Å². The monoisotopic (exact) mass is 294 g/mol. The van der Waals surface area contributed by atoms with Gasteiger partial charge in [-0.05, 0) is 41.3 Å². The van der Waals surface area contributed by atoms with Gasteiger partial charge >= 0.3 is 0 Å². The molecule has 0 radical (unpaired) electrons. The summed E-state index contributed by atoms with van der Waals surface area (Å²) in [5, 5.41) is 1.21. The fraction of sp³-hybridized carbons (Fsp3) is 0.200. The van der Waals surface area contributed by atoms with Crippen LogP contribution in [-0.2, 0) is 6.42 Å². The summed E-state index contributed by atoms with van der Waals surface area (Å²) in [4.78, 5) is 0. The predicted molar refractivity (Wildman–Crippen MR) is 81.4 cm³/mol. The Morgan fingerprint density at radius 1 is 1.05 bits per heavy atom. The minimum Gasteiger partial charge on any atom is -0.271 e. The second-order valence-corrected chi connectivity index (χ2v) is 5.27. The number of hydrogen-bond donors (Lipinski definition) is 2. The normalized spacial score (nSPS) is 12.4. The van der Waals surface area contributed by atoms with E-state index in [1.54, 1.807) is 6.07 Å². The van der Waals surface area contributed by atoms with Crippen molar-refractivity contribution in [2.24, 2.45) is 5.84 Å². The molecule has 0 fully saturated rings. The molecule has 2 aromatic carbocycles. The second kappa shape index (κ2) is 6.40. The molecule has 0 aliphatic rings. The van der Waals surface area contributed by atoms with Gasteiger partial charge in [0.05, 0.1) is 6.04 Å². The lowest BCUT2D eigenvalue weighted by molar-refractivity contribution is 0.636. The van der Waals surface area contributed by atoms with E-state index in [0.29, 0.717) is 10.0 Å². The lowest BCUT2D eigenvalue weighted by atomic mass is 9.97. The first-order chi connectivity index (χ1) is 9.13. The van der Waals surface area contributed by atoms with Crippen LogP contribution in [0, 0.1) is 0 Å². The highest BCUT2D eigenvalue weighted by molar-refractivity contribution is 6.34. The minimum absolute atomic E-state index is 0.123. The van der Waals surface area contributed by atoms with Crippen LogP contribution in [0.4, 0.5) is 0 Å². The van der Waals surface area contributed by atoms with Gasteiger partial charge in [0, 0.05) is 10.0 Å². The molecule has 0 heterocycles. The Morgan fingerprint density at radius 3 is 2.32 bits per heavy atom. The third-order valence-corrected chi connectivity index (χ3v) is 3.51. The van der Waals surface area contributed by atoms with Crippen LogP contribution in [0.1, 0.15) is 29.7 Å². The first kappa shape index (κ1) is 14.4. The number of nitrogens with one attached hydrogen (secondary N) is 1. The van der Waals surface area contributed by atoms with E-state index in [2.05, 4.69) is 24.5 Å². The Hall–Kier alpha value is -1.06. The highest BCUT2D eigenvalue weighted by Gasteiger charge is 2.14. The lowest BCUT2D eigenvalue weighted by Gasteiger charge is -2.18. The van der Waals surface area contributed by atoms with E-state index in [0.717, 1.165) is 17.5 Å². The summed E-state index contributed by atoms with van der Waals surface area (Å²) in [7, 11) is 0. The Morgan fingerprint density at radius 2 is 1.74 bits per heavy atom. The molecule has 4 heteroatoms. The molecule has 2 rings (SSSR count). The van der Waals surface area contributed by atoms with Crippen LogP contribution in [0.2, 0.25) is 10.0 Å². The van der Waals surface area contributed by atoms with Crippen LogP contribution in [-0.4, -0.2) is 0 Å². The van der Waals surface area contributed by atoms with Gasteiger partial charge in [0.1, 0.15) is 0 Å². The molecule has 0 spiro atoms. The zero-order valence-corrected chi connectivity index (χ0v) is 12.2. The average molecular weight is 295 g/mol. The number of rotatable bonds is 4. The van der Waals surface area contributed by atoms with Crippen LogP contribution >= 0.6 is 23.2 Å². The fourth-order valence-corrected chi connectivity index (χ4v) is 2.66. The third-order valence-electron chi connectivity index (χ3n) is 3.08. The van der Waals surface area contributed by atoms with E-state index in [4.69, 9.17) is 29.0 Å². The first-order valence-corrected chi connectivity index (χ1v) is 6.90.